The van der Waals surface area contributed by atoms with Crippen LogP contribution in [0.25, 0.3) is 0 Å². The van der Waals surface area contributed by atoms with E-state index in [1.807, 2.05) is 10.8 Å². The predicted molar refractivity (Wildman–Crippen MR) is 100 cm³/mol. The van der Waals surface area contributed by atoms with Crippen LogP contribution in [-0.4, -0.2) is 31.8 Å². The molecule has 0 aromatic carbocycles. The molecule has 0 saturated heterocycles. The van der Waals surface area contributed by atoms with Crippen LogP contribution in [0.5, 0.6) is 0 Å². The quantitative estimate of drug-likeness (QED) is 0.473. The normalized spacial score (nSPS) is 11.3. The number of nitrogens with one attached hydrogen (secondary N) is 1. The molecule has 0 radical (unpaired) electrons. The lowest BCUT2D eigenvalue weighted by molar-refractivity contribution is -0.118. The topological polar surface area (TPSA) is 115 Å². The molecule has 0 bridgehead atoms. The van der Waals surface area contributed by atoms with Gasteiger partial charge in [-0.3, -0.25) is 4.79 Å². The van der Waals surface area contributed by atoms with Gasteiger partial charge in [0.15, 0.2) is 0 Å². The number of carbonyl (C=O) groups is 1. The van der Waals surface area contributed by atoms with Crippen LogP contribution in [0.4, 0.5) is 17.5 Å². The van der Waals surface area contributed by atoms with Crippen LogP contribution in [0.3, 0.4) is 0 Å². The van der Waals surface area contributed by atoms with E-state index in [1.54, 1.807) is 17.1 Å². The molecule has 26 heavy (non-hydrogen) atoms. The van der Waals surface area contributed by atoms with E-state index in [2.05, 4.69) is 32.6 Å². The Kier molecular flexibility index (Phi) is 7.78. The Bertz CT molecular complexity index is 718. The number of anilines is 1. The zero-order valence-electron chi connectivity index (χ0n) is 15.6. The third-order valence-electron chi connectivity index (χ3n) is 3.97. The van der Waals surface area contributed by atoms with Gasteiger partial charge in [0.2, 0.25) is 11.9 Å². The number of carbonyl (C=O) groups excluding carboxylic acids is 1. The van der Waals surface area contributed by atoms with Crippen molar-refractivity contribution in [3.8, 4) is 0 Å². The number of rotatable bonds is 11. The molecule has 2 heterocycles. The van der Waals surface area contributed by atoms with Gasteiger partial charge in [-0.05, 0) is 12.8 Å². The van der Waals surface area contributed by atoms with Crippen molar-refractivity contribution in [1.82, 2.24) is 24.6 Å². The van der Waals surface area contributed by atoms with Gasteiger partial charge in [-0.2, -0.15) is 5.10 Å². The second-order valence-corrected chi connectivity index (χ2v) is 6.16. The minimum atomic E-state index is -0.0299. The maximum atomic E-state index is 10.9. The first-order valence-corrected chi connectivity index (χ1v) is 9.10. The van der Waals surface area contributed by atoms with Gasteiger partial charge < -0.3 is 15.6 Å². The lowest BCUT2D eigenvalue weighted by Gasteiger charge is -2.05. The molecule has 0 spiro atoms. The summed E-state index contributed by atoms with van der Waals surface area (Å²) in [6, 6.07) is 0. The molecule has 2 aromatic heterocycles. The first-order valence-electron chi connectivity index (χ1n) is 9.10. The summed E-state index contributed by atoms with van der Waals surface area (Å²) in [5, 5.41) is 15.4. The number of nitrogen functional groups attached to an aromatic ring is 1. The molecule has 0 fully saturated rings. The average molecular weight is 360 g/mol. The Morgan fingerprint density at radius 3 is 2.85 bits per heavy atom. The number of aromatic nitrogens is 4. The van der Waals surface area contributed by atoms with Crippen LogP contribution in [0.2, 0.25) is 0 Å². The van der Waals surface area contributed by atoms with Gasteiger partial charge in [-0.1, -0.05) is 26.2 Å². The molecule has 142 valence electrons. The van der Waals surface area contributed by atoms with Gasteiger partial charge in [0.05, 0.1) is 6.20 Å². The number of amides is 1. The van der Waals surface area contributed by atoms with Gasteiger partial charge in [0.1, 0.15) is 11.5 Å². The number of nitrogens with two attached hydrogens (primary N) is 1. The lowest BCUT2D eigenvalue weighted by atomic mass is 10.2. The second kappa shape index (κ2) is 10.3. The van der Waals surface area contributed by atoms with E-state index in [9.17, 15) is 4.79 Å². The lowest BCUT2D eigenvalue weighted by Crippen LogP contribution is -2.21. The van der Waals surface area contributed by atoms with Crippen molar-refractivity contribution in [3.63, 3.8) is 0 Å². The van der Waals surface area contributed by atoms with E-state index >= 15 is 0 Å². The molecule has 0 aliphatic carbocycles. The average Bonchev–Trinajstić information content (AvgIpc) is 3.20. The van der Waals surface area contributed by atoms with E-state index in [-0.39, 0.29) is 5.91 Å². The minimum Gasteiger partial charge on any atom is -0.382 e. The van der Waals surface area contributed by atoms with Crippen LogP contribution in [0, 0.1) is 0 Å². The highest BCUT2D eigenvalue weighted by atomic mass is 16.1. The Morgan fingerprint density at radius 1 is 1.23 bits per heavy atom. The summed E-state index contributed by atoms with van der Waals surface area (Å²) in [5.74, 6) is 0.995. The number of aryl methyl sites for hydroxylation is 2. The SMILES string of the molecule is CCCCCCn1ncc(/N=N/c2nccn2CCCNC(C)=O)c1N. The van der Waals surface area contributed by atoms with Gasteiger partial charge in [-0.15, -0.1) is 10.2 Å². The standard InChI is InChI=1S/C17H28N8O/c1-3-4-5-6-11-25-16(18)15(13-21-25)22-23-17-20-9-12-24(17)10-7-8-19-14(2)26/h9,12-13H,3-8,10-11,18H2,1-2H3,(H,19,26)/b23-22+. The molecule has 1 amide bonds. The van der Waals surface area contributed by atoms with E-state index in [0.29, 0.717) is 30.5 Å². The maximum Gasteiger partial charge on any atom is 0.249 e. The number of hydrogen-bond acceptors (Lipinski definition) is 6. The van der Waals surface area contributed by atoms with Crippen LogP contribution in [0.15, 0.2) is 28.8 Å². The van der Waals surface area contributed by atoms with Gasteiger partial charge in [0, 0.05) is 39.0 Å². The third kappa shape index (κ3) is 5.98. The van der Waals surface area contributed by atoms with E-state index in [0.717, 1.165) is 19.4 Å². The largest absolute Gasteiger partial charge is 0.382 e. The predicted octanol–water partition coefficient (Wildman–Crippen LogP) is 3.18. The third-order valence-corrected chi connectivity index (χ3v) is 3.97. The second-order valence-electron chi connectivity index (χ2n) is 6.16. The van der Waals surface area contributed by atoms with Crippen molar-refractivity contribution >= 4 is 23.4 Å². The fourth-order valence-electron chi connectivity index (χ4n) is 2.52. The Morgan fingerprint density at radius 2 is 2.08 bits per heavy atom. The summed E-state index contributed by atoms with van der Waals surface area (Å²) >= 11 is 0. The van der Waals surface area contributed by atoms with E-state index in [4.69, 9.17) is 5.73 Å². The number of unbranched alkanes of at least 4 members (excludes halogenated alkanes) is 3. The fourth-order valence-corrected chi connectivity index (χ4v) is 2.52. The van der Waals surface area contributed by atoms with Crippen molar-refractivity contribution in [3.05, 3.63) is 18.6 Å². The van der Waals surface area contributed by atoms with Crippen molar-refractivity contribution in [2.45, 2.75) is 59.0 Å². The Balaban J connectivity index is 1.90. The molecule has 0 unspecified atom stereocenters. The molecule has 3 N–H and O–H groups in total. The molecule has 0 atom stereocenters. The van der Waals surface area contributed by atoms with Crippen LogP contribution in [-0.2, 0) is 17.9 Å². The number of imidazole rings is 1. The highest BCUT2D eigenvalue weighted by Crippen LogP contribution is 2.24. The zero-order chi connectivity index (χ0) is 18.8. The minimum absolute atomic E-state index is 0.0299. The summed E-state index contributed by atoms with van der Waals surface area (Å²) in [5.41, 5.74) is 6.65. The summed E-state index contributed by atoms with van der Waals surface area (Å²) in [6.07, 6.45) is 10.6. The summed E-state index contributed by atoms with van der Waals surface area (Å²) in [6.45, 7) is 5.79. The highest BCUT2D eigenvalue weighted by molar-refractivity contribution is 5.72. The molecular weight excluding hydrogens is 332 g/mol. The number of hydrogen-bond donors (Lipinski definition) is 2. The molecule has 0 aliphatic rings. The molecule has 2 aromatic rings. The van der Waals surface area contributed by atoms with Crippen molar-refractivity contribution in [2.75, 3.05) is 12.3 Å². The Hall–Kier alpha value is -2.71. The molecule has 9 heteroatoms. The van der Waals surface area contributed by atoms with E-state index in [1.165, 1.54) is 26.2 Å². The molecular formula is C17H28N8O. The first kappa shape index (κ1) is 19.6. The highest BCUT2D eigenvalue weighted by Gasteiger charge is 2.07. The molecule has 0 aliphatic heterocycles. The monoisotopic (exact) mass is 360 g/mol. The number of azo groups is 1. The molecule has 9 nitrogen and oxygen atoms in total. The van der Waals surface area contributed by atoms with Crippen molar-refractivity contribution < 1.29 is 4.79 Å². The van der Waals surface area contributed by atoms with Crippen LogP contribution >= 0.6 is 0 Å². The van der Waals surface area contributed by atoms with Gasteiger partial charge >= 0.3 is 0 Å². The fraction of sp³-hybridized carbons (Fsp3) is 0.588. The van der Waals surface area contributed by atoms with Gasteiger partial charge in [0.25, 0.3) is 0 Å². The van der Waals surface area contributed by atoms with Crippen molar-refractivity contribution in [1.29, 1.82) is 0 Å². The molecule has 2 rings (SSSR count). The summed E-state index contributed by atoms with van der Waals surface area (Å²) in [7, 11) is 0. The van der Waals surface area contributed by atoms with E-state index < -0.39 is 0 Å². The summed E-state index contributed by atoms with van der Waals surface area (Å²) in [4.78, 5) is 15.1. The van der Waals surface area contributed by atoms with Crippen LogP contribution < -0.4 is 11.1 Å². The van der Waals surface area contributed by atoms with Crippen LogP contribution in [0.1, 0.15) is 46.0 Å². The first-order chi connectivity index (χ1) is 12.6. The number of nitrogens with zero attached hydrogens (tertiary/aromatic N) is 6. The summed E-state index contributed by atoms with van der Waals surface area (Å²) < 4.78 is 3.65. The van der Waals surface area contributed by atoms with Gasteiger partial charge in [-0.25, -0.2) is 9.67 Å². The smallest absolute Gasteiger partial charge is 0.249 e. The van der Waals surface area contributed by atoms with Crippen molar-refractivity contribution in [2.24, 2.45) is 10.2 Å². The maximum absolute atomic E-state index is 10.9. The Labute approximate surface area is 153 Å². The molecule has 0 saturated carbocycles. The zero-order valence-corrected chi connectivity index (χ0v) is 15.6.